The number of rotatable bonds is 0. The third-order valence-electron chi connectivity index (χ3n) is 2.05. The van der Waals surface area contributed by atoms with Crippen LogP contribution in [0.15, 0.2) is 18.2 Å². The van der Waals surface area contributed by atoms with Gasteiger partial charge in [0.25, 0.3) is 0 Å². The van der Waals surface area contributed by atoms with Crippen LogP contribution < -0.4 is 0 Å². The van der Waals surface area contributed by atoms with E-state index in [-0.39, 0.29) is 6.10 Å². The Morgan fingerprint density at radius 2 is 2.08 bits per heavy atom. The number of hydrogen-bond acceptors (Lipinski definition) is 1. The summed E-state index contributed by atoms with van der Waals surface area (Å²) in [4.78, 5) is 0. The minimum absolute atomic E-state index is 0.268. The Bertz CT molecular complexity index is 311. The van der Waals surface area contributed by atoms with Crippen LogP contribution in [0.1, 0.15) is 30.5 Å². The Balaban J connectivity index is 2.53. The first-order valence-corrected chi connectivity index (χ1v) is 3.77. The second kappa shape index (κ2) is 2.52. The molecule has 0 saturated heterocycles. The monoisotopic (exact) mass is 170 g/mol. The van der Waals surface area contributed by atoms with Gasteiger partial charge in [-0.05, 0) is 24.6 Å². The molecule has 2 unspecified atom stereocenters. The van der Waals surface area contributed by atoms with Gasteiger partial charge in [-0.3, -0.25) is 0 Å². The van der Waals surface area contributed by atoms with Crippen LogP contribution in [0, 0.1) is 5.82 Å². The van der Waals surface area contributed by atoms with E-state index in [1.807, 2.05) is 0 Å². The van der Waals surface area contributed by atoms with Gasteiger partial charge >= 0.3 is 0 Å². The molecule has 1 aliphatic heterocycles. The molecule has 2 rings (SSSR count). The van der Waals surface area contributed by atoms with Crippen LogP contribution in [0.5, 0.6) is 0 Å². The molecule has 0 N–H and O–H groups in total. The molecule has 0 saturated carbocycles. The number of fused-ring (bicyclic) bond motifs is 1. The molecule has 1 aliphatic rings. The molecule has 64 valence electrons. The second-order valence-electron chi connectivity index (χ2n) is 2.87. The van der Waals surface area contributed by atoms with E-state index in [9.17, 15) is 8.78 Å². The predicted octanol–water partition coefficient (Wildman–Crippen LogP) is 2.89. The summed E-state index contributed by atoms with van der Waals surface area (Å²) in [6.07, 6.45) is -1.73. The molecule has 0 radical (unpaired) electrons. The van der Waals surface area contributed by atoms with Crippen LogP contribution in [0.25, 0.3) is 0 Å². The van der Waals surface area contributed by atoms with Crippen LogP contribution in [0.4, 0.5) is 8.78 Å². The summed E-state index contributed by atoms with van der Waals surface area (Å²) >= 11 is 0. The lowest BCUT2D eigenvalue weighted by molar-refractivity contribution is -0.0592. The van der Waals surface area contributed by atoms with Crippen molar-refractivity contribution < 1.29 is 13.5 Å². The van der Waals surface area contributed by atoms with Gasteiger partial charge in [-0.15, -0.1) is 0 Å². The third-order valence-corrected chi connectivity index (χ3v) is 2.05. The van der Waals surface area contributed by atoms with Crippen molar-refractivity contribution in [3.63, 3.8) is 0 Å². The zero-order valence-electron chi connectivity index (χ0n) is 6.55. The number of ether oxygens (including phenoxy) is 1. The number of hydrogen-bond donors (Lipinski definition) is 0. The molecule has 0 spiro atoms. The smallest absolute Gasteiger partial charge is 0.226 e. The van der Waals surface area contributed by atoms with Crippen molar-refractivity contribution in [1.82, 2.24) is 0 Å². The molecule has 1 nitrogen and oxygen atoms in total. The lowest BCUT2D eigenvalue weighted by Gasteiger charge is -2.00. The molecule has 1 aromatic carbocycles. The van der Waals surface area contributed by atoms with E-state index in [0.29, 0.717) is 5.56 Å². The van der Waals surface area contributed by atoms with Crippen molar-refractivity contribution in [2.45, 2.75) is 19.4 Å². The summed E-state index contributed by atoms with van der Waals surface area (Å²) in [6.45, 7) is 1.75. The highest BCUT2D eigenvalue weighted by Crippen LogP contribution is 2.39. The highest BCUT2D eigenvalue weighted by Gasteiger charge is 2.28. The summed E-state index contributed by atoms with van der Waals surface area (Å²) < 4.78 is 30.5. The Hall–Kier alpha value is -0.960. The van der Waals surface area contributed by atoms with Crippen molar-refractivity contribution in [1.29, 1.82) is 0 Å². The van der Waals surface area contributed by atoms with Crippen LogP contribution in [-0.2, 0) is 4.74 Å². The van der Waals surface area contributed by atoms with E-state index >= 15 is 0 Å². The number of halogens is 2. The summed E-state index contributed by atoms with van der Waals surface area (Å²) in [7, 11) is 0. The van der Waals surface area contributed by atoms with Gasteiger partial charge in [0, 0.05) is 5.56 Å². The second-order valence-corrected chi connectivity index (χ2v) is 2.87. The summed E-state index contributed by atoms with van der Waals surface area (Å²) in [5.41, 5.74) is 1.06. The standard InChI is InChI=1S/C9H8F2O/c1-5-7-3-2-6(10)4-8(7)9(11)12-5/h2-5,9H,1H3. The maximum Gasteiger partial charge on any atom is 0.226 e. The zero-order valence-corrected chi connectivity index (χ0v) is 6.55. The molecule has 1 heterocycles. The van der Waals surface area contributed by atoms with Crippen molar-refractivity contribution in [3.8, 4) is 0 Å². The summed E-state index contributed by atoms with van der Waals surface area (Å²) in [6, 6.07) is 4.06. The topological polar surface area (TPSA) is 9.23 Å². The van der Waals surface area contributed by atoms with Crippen LogP contribution >= 0.6 is 0 Å². The van der Waals surface area contributed by atoms with E-state index in [1.165, 1.54) is 12.1 Å². The fourth-order valence-corrected chi connectivity index (χ4v) is 1.44. The van der Waals surface area contributed by atoms with Gasteiger partial charge in [0.1, 0.15) is 5.82 Å². The van der Waals surface area contributed by atoms with E-state index in [0.717, 1.165) is 5.56 Å². The highest BCUT2D eigenvalue weighted by atomic mass is 19.1. The molecule has 0 fully saturated rings. The van der Waals surface area contributed by atoms with Gasteiger partial charge in [0.2, 0.25) is 6.36 Å². The van der Waals surface area contributed by atoms with Crippen molar-refractivity contribution in [2.75, 3.05) is 0 Å². The van der Waals surface area contributed by atoms with E-state index in [2.05, 4.69) is 0 Å². The lowest BCUT2D eigenvalue weighted by atomic mass is 10.1. The van der Waals surface area contributed by atoms with Gasteiger partial charge < -0.3 is 4.74 Å². The van der Waals surface area contributed by atoms with E-state index in [4.69, 9.17) is 4.74 Å². The first kappa shape index (κ1) is 7.68. The average Bonchev–Trinajstić information content (AvgIpc) is 2.28. The first-order valence-electron chi connectivity index (χ1n) is 3.77. The van der Waals surface area contributed by atoms with Gasteiger partial charge in [0.05, 0.1) is 6.10 Å². The zero-order chi connectivity index (χ0) is 8.72. The lowest BCUT2D eigenvalue weighted by Crippen LogP contribution is -1.87. The van der Waals surface area contributed by atoms with Gasteiger partial charge in [-0.1, -0.05) is 6.07 Å². The minimum Gasteiger partial charge on any atom is -0.337 e. The Morgan fingerprint density at radius 3 is 2.83 bits per heavy atom. The van der Waals surface area contributed by atoms with Gasteiger partial charge in [-0.2, -0.15) is 0 Å². The van der Waals surface area contributed by atoms with E-state index in [1.54, 1.807) is 13.0 Å². The molecular weight excluding hydrogens is 162 g/mol. The molecule has 0 amide bonds. The van der Waals surface area contributed by atoms with Gasteiger partial charge in [0.15, 0.2) is 0 Å². The Morgan fingerprint density at radius 1 is 1.33 bits per heavy atom. The predicted molar refractivity (Wildman–Crippen MR) is 39.7 cm³/mol. The maximum absolute atomic E-state index is 13.0. The van der Waals surface area contributed by atoms with E-state index < -0.39 is 12.2 Å². The molecule has 12 heavy (non-hydrogen) atoms. The molecular formula is C9H8F2O. The minimum atomic E-state index is -1.47. The molecule has 0 aliphatic carbocycles. The first-order chi connectivity index (χ1) is 5.68. The summed E-state index contributed by atoms with van der Waals surface area (Å²) in [5.74, 6) is -0.422. The maximum atomic E-state index is 13.0. The molecule has 2 atom stereocenters. The molecule has 3 heteroatoms. The van der Waals surface area contributed by atoms with Crippen LogP contribution in [0.2, 0.25) is 0 Å². The Kier molecular flexibility index (Phi) is 1.61. The number of benzene rings is 1. The van der Waals surface area contributed by atoms with Crippen molar-refractivity contribution in [2.24, 2.45) is 0 Å². The SMILES string of the molecule is CC1OC(F)c2cc(F)ccc21. The molecule has 0 bridgehead atoms. The third kappa shape index (κ3) is 1.01. The van der Waals surface area contributed by atoms with Crippen LogP contribution in [-0.4, -0.2) is 0 Å². The van der Waals surface area contributed by atoms with Crippen molar-refractivity contribution >= 4 is 0 Å². The van der Waals surface area contributed by atoms with Gasteiger partial charge in [-0.25, -0.2) is 8.78 Å². The fraction of sp³-hybridized carbons (Fsp3) is 0.333. The summed E-state index contributed by atoms with van der Waals surface area (Å²) in [5, 5.41) is 0. The number of alkyl halides is 1. The fourth-order valence-electron chi connectivity index (χ4n) is 1.44. The molecule has 1 aromatic rings. The normalized spacial score (nSPS) is 27.2. The highest BCUT2D eigenvalue weighted by molar-refractivity contribution is 5.33. The quantitative estimate of drug-likeness (QED) is 0.581. The molecule has 0 aromatic heterocycles. The van der Waals surface area contributed by atoms with Crippen LogP contribution in [0.3, 0.4) is 0 Å². The largest absolute Gasteiger partial charge is 0.337 e. The Labute approximate surface area is 69.0 Å². The van der Waals surface area contributed by atoms with Crippen molar-refractivity contribution in [3.05, 3.63) is 35.1 Å². The average molecular weight is 170 g/mol.